The van der Waals surface area contributed by atoms with Crippen LogP contribution in [0.5, 0.6) is 5.88 Å². The zero-order valence-corrected chi connectivity index (χ0v) is 10.3. The third-order valence-electron chi connectivity index (χ3n) is 2.52. The van der Waals surface area contributed by atoms with Gasteiger partial charge >= 0.3 is 0 Å². The Hall–Kier alpha value is -1.85. The molecule has 5 heteroatoms. The molecule has 0 saturated heterocycles. The number of nitrogens with one attached hydrogen (secondary N) is 1. The molecule has 0 amide bonds. The van der Waals surface area contributed by atoms with Crippen LogP contribution < -0.4 is 10.1 Å². The minimum absolute atomic E-state index is 0.187. The molecule has 0 saturated carbocycles. The van der Waals surface area contributed by atoms with Crippen molar-refractivity contribution in [3.63, 3.8) is 0 Å². The Balaban J connectivity index is 2.04. The van der Waals surface area contributed by atoms with Gasteiger partial charge in [0.1, 0.15) is 13.3 Å². The van der Waals surface area contributed by atoms with Crippen molar-refractivity contribution >= 4 is 0 Å². The number of hydrogen-bond acceptors (Lipinski definition) is 4. The van der Waals surface area contributed by atoms with Gasteiger partial charge in [0.2, 0.25) is 5.88 Å². The molecule has 18 heavy (non-hydrogen) atoms. The predicted molar refractivity (Wildman–Crippen MR) is 68.0 cm³/mol. The molecule has 96 valence electrons. The Kier molecular flexibility index (Phi) is 4.33. The van der Waals surface area contributed by atoms with Crippen molar-refractivity contribution in [3.8, 4) is 5.88 Å². The van der Waals surface area contributed by atoms with Gasteiger partial charge in [-0.15, -0.1) is 0 Å². The summed E-state index contributed by atoms with van der Waals surface area (Å²) in [5.41, 5.74) is 1.92. The van der Waals surface area contributed by atoms with E-state index in [1.807, 2.05) is 43.4 Å². The van der Waals surface area contributed by atoms with Gasteiger partial charge in [-0.1, -0.05) is 30.3 Å². The van der Waals surface area contributed by atoms with Gasteiger partial charge in [0.25, 0.3) is 0 Å². The predicted octanol–water partition coefficient (Wildman–Crippen LogP) is 1.13. The summed E-state index contributed by atoms with van der Waals surface area (Å²) >= 11 is 0. The molecular weight excluding hydrogens is 230 g/mol. The van der Waals surface area contributed by atoms with E-state index in [-0.39, 0.29) is 6.73 Å². The lowest BCUT2D eigenvalue weighted by atomic mass is 10.2. The topological polar surface area (TPSA) is 59.3 Å². The Labute approximate surface area is 106 Å². The maximum Gasteiger partial charge on any atom is 0.214 e. The number of hydrogen-bond donors (Lipinski definition) is 2. The highest BCUT2D eigenvalue weighted by Gasteiger charge is 2.07. The second kappa shape index (κ2) is 6.18. The second-order valence-electron chi connectivity index (χ2n) is 3.92. The maximum atomic E-state index is 9.20. The van der Waals surface area contributed by atoms with E-state index in [9.17, 15) is 5.11 Å². The maximum absolute atomic E-state index is 9.20. The zero-order valence-electron chi connectivity index (χ0n) is 10.3. The summed E-state index contributed by atoms with van der Waals surface area (Å²) in [4.78, 5) is 0. The first-order chi connectivity index (χ1) is 8.83. The standard InChI is InChI=1S/C13H17N3O2/c1-14-8-12-7-13(16(10-17)15-12)18-9-11-5-3-2-4-6-11/h2-7,14,17H,8-10H2,1H3. The summed E-state index contributed by atoms with van der Waals surface area (Å²) in [6, 6.07) is 11.7. The molecule has 2 rings (SSSR count). The summed E-state index contributed by atoms with van der Waals surface area (Å²) in [5.74, 6) is 0.576. The molecule has 1 aromatic heterocycles. The SMILES string of the molecule is CNCc1cc(OCc2ccccc2)n(CO)n1. The monoisotopic (exact) mass is 247 g/mol. The summed E-state index contributed by atoms with van der Waals surface area (Å²) in [6.45, 7) is 0.925. The average molecular weight is 247 g/mol. The fraction of sp³-hybridized carbons (Fsp3) is 0.308. The van der Waals surface area contributed by atoms with Gasteiger partial charge in [-0.3, -0.25) is 0 Å². The van der Waals surface area contributed by atoms with Crippen LogP contribution in [-0.2, 0) is 19.9 Å². The Bertz CT molecular complexity index is 482. The van der Waals surface area contributed by atoms with E-state index in [4.69, 9.17) is 4.74 Å². The third-order valence-corrected chi connectivity index (χ3v) is 2.52. The lowest BCUT2D eigenvalue weighted by molar-refractivity contribution is 0.167. The number of aliphatic hydroxyl groups is 1. The fourth-order valence-corrected chi connectivity index (χ4v) is 1.67. The van der Waals surface area contributed by atoms with Crippen molar-refractivity contribution in [2.45, 2.75) is 19.9 Å². The van der Waals surface area contributed by atoms with E-state index in [1.54, 1.807) is 0 Å². The molecule has 1 heterocycles. The van der Waals surface area contributed by atoms with Crippen LogP contribution in [0.25, 0.3) is 0 Å². The van der Waals surface area contributed by atoms with Gasteiger partial charge < -0.3 is 15.2 Å². The van der Waals surface area contributed by atoms with Gasteiger partial charge in [0.15, 0.2) is 0 Å². The molecule has 2 aromatic rings. The molecule has 2 N–H and O–H groups in total. The average Bonchev–Trinajstić information content (AvgIpc) is 2.80. The number of aliphatic hydroxyl groups excluding tert-OH is 1. The molecule has 0 fully saturated rings. The van der Waals surface area contributed by atoms with Crippen LogP contribution in [0.3, 0.4) is 0 Å². The molecule has 0 aliphatic rings. The molecule has 0 unspecified atom stereocenters. The first-order valence-corrected chi connectivity index (χ1v) is 5.82. The highest BCUT2D eigenvalue weighted by molar-refractivity contribution is 5.18. The molecular formula is C13H17N3O2. The normalized spacial score (nSPS) is 10.6. The third kappa shape index (κ3) is 3.09. The minimum atomic E-state index is -0.187. The number of nitrogens with zero attached hydrogens (tertiary/aromatic N) is 2. The first kappa shape index (κ1) is 12.6. The van der Waals surface area contributed by atoms with E-state index < -0.39 is 0 Å². The van der Waals surface area contributed by atoms with E-state index in [0.29, 0.717) is 19.0 Å². The first-order valence-electron chi connectivity index (χ1n) is 5.82. The quantitative estimate of drug-likeness (QED) is 0.803. The second-order valence-corrected chi connectivity index (χ2v) is 3.92. The molecule has 1 aromatic carbocycles. The van der Waals surface area contributed by atoms with Crippen LogP contribution in [0.2, 0.25) is 0 Å². The fourth-order valence-electron chi connectivity index (χ4n) is 1.67. The Morgan fingerprint density at radius 1 is 1.33 bits per heavy atom. The van der Waals surface area contributed by atoms with E-state index >= 15 is 0 Å². The van der Waals surface area contributed by atoms with Crippen molar-refractivity contribution in [2.75, 3.05) is 7.05 Å². The van der Waals surface area contributed by atoms with Crippen molar-refractivity contribution in [2.24, 2.45) is 0 Å². The molecule has 0 aliphatic carbocycles. The van der Waals surface area contributed by atoms with Crippen LogP contribution in [0.1, 0.15) is 11.3 Å². The lowest BCUT2D eigenvalue weighted by Crippen LogP contribution is -2.07. The van der Waals surface area contributed by atoms with Crippen LogP contribution >= 0.6 is 0 Å². The Morgan fingerprint density at radius 2 is 2.11 bits per heavy atom. The summed E-state index contributed by atoms with van der Waals surface area (Å²) in [6.07, 6.45) is 0. The zero-order chi connectivity index (χ0) is 12.8. The van der Waals surface area contributed by atoms with Gasteiger partial charge in [0, 0.05) is 12.6 Å². The number of benzene rings is 1. The lowest BCUT2D eigenvalue weighted by Gasteiger charge is -2.06. The molecule has 0 aliphatic heterocycles. The van der Waals surface area contributed by atoms with Crippen molar-refractivity contribution in [3.05, 3.63) is 47.7 Å². The number of rotatable bonds is 6. The van der Waals surface area contributed by atoms with Crippen LogP contribution in [0.4, 0.5) is 0 Å². The van der Waals surface area contributed by atoms with Crippen molar-refractivity contribution in [1.29, 1.82) is 0 Å². The smallest absolute Gasteiger partial charge is 0.214 e. The molecule has 0 radical (unpaired) electrons. The summed E-state index contributed by atoms with van der Waals surface area (Å²) in [7, 11) is 1.85. The van der Waals surface area contributed by atoms with E-state index in [1.165, 1.54) is 4.68 Å². The molecule has 0 spiro atoms. The van der Waals surface area contributed by atoms with Crippen LogP contribution in [0.15, 0.2) is 36.4 Å². The van der Waals surface area contributed by atoms with Crippen molar-refractivity contribution < 1.29 is 9.84 Å². The minimum Gasteiger partial charge on any atom is -0.473 e. The van der Waals surface area contributed by atoms with Gasteiger partial charge in [0.05, 0.1) is 5.69 Å². The van der Waals surface area contributed by atoms with Crippen LogP contribution in [0, 0.1) is 0 Å². The molecule has 0 bridgehead atoms. The highest BCUT2D eigenvalue weighted by atomic mass is 16.5. The van der Waals surface area contributed by atoms with Gasteiger partial charge in [-0.05, 0) is 12.6 Å². The Morgan fingerprint density at radius 3 is 2.78 bits per heavy atom. The van der Waals surface area contributed by atoms with E-state index in [2.05, 4.69) is 10.4 Å². The summed E-state index contributed by atoms with van der Waals surface area (Å²) < 4.78 is 7.09. The van der Waals surface area contributed by atoms with Gasteiger partial charge in [-0.2, -0.15) is 5.10 Å². The molecule has 0 atom stereocenters. The highest BCUT2D eigenvalue weighted by Crippen LogP contribution is 2.15. The van der Waals surface area contributed by atoms with Gasteiger partial charge in [-0.25, -0.2) is 4.68 Å². The number of ether oxygens (including phenoxy) is 1. The molecule has 5 nitrogen and oxygen atoms in total. The van der Waals surface area contributed by atoms with Crippen molar-refractivity contribution in [1.82, 2.24) is 15.1 Å². The number of aromatic nitrogens is 2. The summed E-state index contributed by atoms with van der Waals surface area (Å²) in [5, 5.41) is 16.4. The van der Waals surface area contributed by atoms with E-state index in [0.717, 1.165) is 11.3 Å². The largest absolute Gasteiger partial charge is 0.473 e. The van der Waals surface area contributed by atoms with Crippen LogP contribution in [-0.4, -0.2) is 21.9 Å².